The van der Waals surface area contributed by atoms with Crippen LogP contribution in [0.2, 0.25) is 0 Å². The van der Waals surface area contributed by atoms with Crippen molar-refractivity contribution in [2.75, 3.05) is 24.7 Å². The van der Waals surface area contributed by atoms with Gasteiger partial charge in [-0.2, -0.15) is 18.7 Å². The highest BCUT2D eigenvalue weighted by molar-refractivity contribution is 8.02. The van der Waals surface area contributed by atoms with Gasteiger partial charge >= 0.3 is 11.4 Å². The second kappa shape index (κ2) is 7.92. The normalized spacial score (nSPS) is 12.8. The van der Waals surface area contributed by atoms with Gasteiger partial charge in [0.2, 0.25) is 17.4 Å². The Morgan fingerprint density at radius 1 is 1.14 bits per heavy atom. The average molecular weight is 416 g/mol. The third kappa shape index (κ3) is 3.96. The molecule has 0 N–H and O–H groups in total. The van der Waals surface area contributed by atoms with Crippen molar-refractivity contribution < 1.29 is 31.7 Å². The SMILES string of the molecule is COc1nc(C(C)=O)nc(C(=O)c2cccc(F)c2N(C)S(C)(=O)=C(F)F)n1. The average Bonchev–Trinajstić information content (AvgIpc) is 2.65. The zero-order valence-corrected chi connectivity index (χ0v) is 16.0. The quantitative estimate of drug-likeness (QED) is 0.402. The maximum atomic E-state index is 14.4. The van der Waals surface area contributed by atoms with Crippen LogP contribution in [0.1, 0.15) is 33.7 Å². The number of hydrogen-bond acceptors (Lipinski definition) is 7. The van der Waals surface area contributed by atoms with E-state index in [1.807, 2.05) is 0 Å². The van der Waals surface area contributed by atoms with Crippen LogP contribution in [-0.2, 0) is 9.71 Å². The van der Waals surface area contributed by atoms with Gasteiger partial charge in [-0.3, -0.25) is 13.9 Å². The molecule has 0 radical (unpaired) electrons. The maximum Gasteiger partial charge on any atom is 0.340 e. The molecule has 2 aromatic rings. The van der Waals surface area contributed by atoms with Crippen LogP contribution in [0.4, 0.5) is 18.9 Å². The number of nitrogens with zero attached hydrogens (tertiary/aromatic N) is 4. The lowest BCUT2D eigenvalue weighted by Gasteiger charge is -2.23. The fourth-order valence-electron chi connectivity index (χ4n) is 2.12. The maximum absolute atomic E-state index is 14.4. The van der Waals surface area contributed by atoms with Crippen molar-refractivity contribution >= 4 is 32.3 Å². The Bertz CT molecular complexity index is 1080. The summed E-state index contributed by atoms with van der Waals surface area (Å²) in [5, 5.41) is -2.43. The standard InChI is InChI=1S/C16H15F3N4O4S/c1-8(24)13-20-14(22-16(21-13)27-3)12(25)9-6-5-7-10(17)11(9)23(2)28(4,26)15(18)19/h5-7H,1-4H3. The second-order valence-electron chi connectivity index (χ2n) is 5.52. The molecule has 1 aromatic carbocycles. The fraction of sp³-hybridized carbons (Fsp3) is 0.250. The van der Waals surface area contributed by atoms with Gasteiger partial charge in [-0.15, -0.1) is 0 Å². The number of carbonyl (C=O) groups is 2. The molecule has 2 rings (SSSR count). The summed E-state index contributed by atoms with van der Waals surface area (Å²) in [6.07, 6.45) is 0.711. The number of anilines is 1. The van der Waals surface area contributed by atoms with Crippen LogP contribution in [0.25, 0.3) is 0 Å². The number of Topliss-reactive ketones (excluding diaryl/α,β-unsaturated/α-hetero) is 1. The summed E-state index contributed by atoms with van der Waals surface area (Å²) in [6, 6.07) is 2.88. The lowest BCUT2D eigenvalue weighted by Crippen LogP contribution is -2.31. The molecule has 1 unspecified atom stereocenters. The van der Waals surface area contributed by atoms with Gasteiger partial charge in [0.1, 0.15) is 15.5 Å². The summed E-state index contributed by atoms with van der Waals surface area (Å²) >= 11 is 0. The molecule has 0 saturated heterocycles. The molecule has 1 aromatic heterocycles. The van der Waals surface area contributed by atoms with E-state index in [-0.39, 0.29) is 11.8 Å². The van der Waals surface area contributed by atoms with E-state index in [1.54, 1.807) is 0 Å². The number of para-hydroxylation sites is 1. The minimum Gasteiger partial charge on any atom is -0.467 e. The molecule has 150 valence electrons. The Hall–Kier alpha value is -3.02. The molecule has 0 fully saturated rings. The zero-order chi connectivity index (χ0) is 21.2. The number of carbonyl (C=O) groups excluding carboxylic acids is 2. The van der Waals surface area contributed by atoms with Crippen LogP contribution < -0.4 is 9.04 Å². The van der Waals surface area contributed by atoms with Gasteiger partial charge in [0, 0.05) is 20.2 Å². The Morgan fingerprint density at radius 3 is 2.29 bits per heavy atom. The molecular weight excluding hydrogens is 401 g/mol. The molecule has 12 heteroatoms. The first-order valence-electron chi connectivity index (χ1n) is 7.56. The Kier molecular flexibility index (Phi) is 6.02. The lowest BCUT2D eigenvalue weighted by molar-refractivity contribution is 0.1000. The Morgan fingerprint density at radius 2 is 1.75 bits per heavy atom. The fourth-order valence-corrected chi connectivity index (χ4v) is 2.86. The topological polar surface area (TPSA) is 102 Å². The monoisotopic (exact) mass is 416 g/mol. The third-order valence-corrected chi connectivity index (χ3v) is 5.47. The van der Waals surface area contributed by atoms with Gasteiger partial charge in [0.25, 0.3) is 0 Å². The number of benzene rings is 1. The summed E-state index contributed by atoms with van der Waals surface area (Å²) in [5.41, 5.74) is -1.06. The number of ketones is 2. The first-order chi connectivity index (χ1) is 13.0. The zero-order valence-electron chi connectivity index (χ0n) is 15.2. The van der Waals surface area contributed by atoms with Crippen LogP contribution in [0.15, 0.2) is 18.2 Å². The first kappa shape index (κ1) is 21.3. The molecule has 0 aliphatic carbocycles. The minimum atomic E-state index is -4.08. The summed E-state index contributed by atoms with van der Waals surface area (Å²) in [4.78, 5) is 35.5. The van der Waals surface area contributed by atoms with E-state index in [0.29, 0.717) is 10.6 Å². The Labute approximate surface area is 158 Å². The van der Waals surface area contributed by atoms with Gasteiger partial charge in [-0.25, -0.2) is 13.6 Å². The molecule has 28 heavy (non-hydrogen) atoms. The number of halogens is 3. The number of ether oxygens (including phenoxy) is 1. The van der Waals surface area contributed by atoms with E-state index < -0.39 is 49.5 Å². The van der Waals surface area contributed by atoms with Crippen molar-refractivity contribution in [2.45, 2.75) is 6.92 Å². The van der Waals surface area contributed by atoms with Crippen molar-refractivity contribution in [1.82, 2.24) is 15.0 Å². The molecule has 8 nitrogen and oxygen atoms in total. The van der Waals surface area contributed by atoms with Crippen LogP contribution in [-0.4, -0.2) is 56.5 Å². The summed E-state index contributed by atoms with van der Waals surface area (Å²) in [5.74, 6) is -3.58. The van der Waals surface area contributed by atoms with E-state index >= 15 is 0 Å². The largest absolute Gasteiger partial charge is 0.467 e. The molecule has 1 heterocycles. The minimum absolute atomic E-state index is 0.336. The van der Waals surface area contributed by atoms with Crippen LogP contribution in [0.3, 0.4) is 0 Å². The number of rotatable bonds is 6. The molecular formula is C16H15F3N4O4S. The van der Waals surface area contributed by atoms with E-state index in [0.717, 1.165) is 32.2 Å². The van der Waals surface area contributed by atoms with Crippen molar-refractivity contribution in [3.63, 3.8) is 0 Å². The molecule has 0 amide bonds. The van der Waals surface area contributed by atoms with Gasteiger partial charge < -0.3 is 4.74 Å². The third-order valence-electron chi connectivity index (χ3n) is 3.67. The Balaban J connectivity index is 2.71. The molecule has 1 atom stereocenters. The molecule has 0 aliphatic heterocycles. The van der Waals surface area contributed by atoms with Crippen molar-refractivity contribution in [2.24, 2.45) is 0 Å². The smallest absolute Gasteiger partial charge is 0.340 e. The van der Waals surface area contributed by atoms with Gasteiger partial charge in [-0.1, -0.05) is 6.07 Å². The van der Waals surface area contributed by atoms with Crippen molar-refractivity contribution in [3.8, 4) is 6.01 Å². The van der Waals surface area contributed by atoms with Crippen LogP contribution in [0, 0.1) is 5.82 Å². The van der Waals surface area contributed by atoms with E-state index in [1.165, 1.54) is 7.11 Å². The van der Waals surface area contributed by atoms with Crippen LogP contribution >= 0.6 is 0 Å². The van der Waals surface area contributed by atoms with Gasteiger partial charge in [-0.05, 0) is 12.1 Å². The second-order valence-corrected chi connectivity index (χ2v) is 7.98. The predicted molar refractivity (Wildman–Crippen MR) is 95.9 cm³/mol. The molecule has 0 bridgehead atoms. The highest BCUT2D eigenvalue weighted by Crippen LogP contribution is 2.28. The predicted octanol–water partition coefficient (Wildman–Crippen LogP) is 1.74. The van der Waals surface area contributed by atoms with Gasteiger partial charge in [0.05, 0.1) is 18.4 Å². The summed E-state index contributed by atoms with van der Waals surface area (Å²) < 4.78 is 58.1. The highest BCUT2D eigenvalue weighted by Gasteiger charge is 2.27. The summed E-state index contributed by atoms with van der Waals surface area (Å²) in [7, 11) is -1.92. The van der Waals surface area contributed by atoms with Gasteiger partial charge in [0.15, 0.2) is 5.78 Å². The summed E-state index contributed by atoms with van der Waals surface area (Å²) in [6.45, 7) is 1.15. The first-order valence-corrected chi connectivity index (χ1v) is 9.48. The molecule has 0 saturated carbocycles. The van der Waals surface area contributed by atoms with Crippen molar-refractivity contribution in [3.05, 3.63) is 41.2 Å². The van der Waals surface area contributed by atoms with E-state index in [9.17, 15) is 27.0 Å². The number of methoxy groups -OCH3 is 1. The van der Waals surface area contributed by atoms with E-state index in [4.69, 9.17) is 4.74 Å². The lowest BCUT2D eigenvalue weighted by atomic mass is 10.1. The molecule has 0 spiro atoms. The van der Waals surface area contributed by atoms with E-state index in [2.05, 4.69) is 15.0 Å². The van der Waals surface area contributed by atoms with Crippen molar-refractivity contribution in [1.29, 1.82) is 0 Å². The number of hydrogen-bond donors (Lipinski definition) is 0. The number of aromatic nitrogens is 3. The molecule has 0 aliphatic rings. The van der Waals surface area contributed by atoms with Crippen LogP contribution in [0.5, 0.6) is 6.01 Å². The highest BCUT2D eigenvalue weighted by atomic mass is 32.2.